The molecule has 3 amide bonds. The minimum Gasteiger partial charge on any atom is -0.364 e. The molecule has 33 heavy (non-hydrogen) atoms. The number of para-hydroxylation sites is 2. The monoisotopic (exact) mass is 460 g/mol. The topological polar surface area (TPSA) is 98.8 Å². The largest absolute Gasteiger partial charge is 0.364 e. The van der Waals surface area contributed by atoms with E-state index in [1.54, 1.807) is 43.1 Å². The van der Waals surface area contributed by atoms with Crippen molar-refractivity contribution in [1.82, 2.24) is 10.6 Å². The van der Waals surface area contributed by atoms with Gasteiger partial charge in [0.2, 0.25) is 18.2 Å². The van der Waals surface area contributed by atoms with E-state index in [1.807, 2.05) is 0 Å². The zero-order chi connectivity index (χ0) is 24.4. The first kappa shape index (κ1) is 25.4. The Balaban J connectivity index is 2.04. The van der Waals surface area contributed by atoms with Crippen LogP contribution in [0.4, 0.5) is 20.2 Å². The van der Waals surface area contributed by atoms with Crippen molar-refractivity contribution in [1.29, 1.82) is 0 Å². The smallest absolute Gasteiger partial charge is 0.240 e. The molecule has 0 aliphatic carbocycles. The SMILES string of the molecule is CC(Cc1cc(F)cc(F)c1)NC(=O)CN(C=O)c1ccccc1N(C)CC(=O)NCC=O. The number of nitrogens with one attached hydrogen (secondary N) is 2. The number of carbonyl (C=O) groups is 4. The Morgan fingerprint density at radius 3 is 2.24 bits per heavy atom. The molecule has 2 aromatic carbocycles. The molecule has 1 unspecified atom stereocenters. The number of likely N-dealkylation sites (N-methyl/N-ethyl adjacent to an activating group) is 1. The van der Waals surface area contributed by atoms with Crippen LogP contribution in [0.25, 0.3) is 0 Å². The lowest BCUT2D eigenvalue weighted by Gasteiger charge is -2.26. The molecule has 0 spiro atoms. The third-order valence-corrected chi connectivity index (χ3v) is 4.68. The van der Waals surface area contributed by atoms with Gasteiger partial charge in [0.05, 0.1) is 24.5 Å². The normalized spacial score (nSPS) is 11.3. The van der Waals surface area contributed by atoms with Gasteiger partial charge in [0, 0.05) is 19.2 Å². The van der Waals surface area contributed by atoms with Gasteiger partial charge < -0.3 is 25.2 Å². The van der Waals surface area contributed by atoms with Crippen molar-refractivity contribution in [3.63, 3.8) is 0 Å². The second-order valence-electron chi connectivity index (χ2n) is 7.50. The zero-order valence-electron chi connectivity index (χ0n) is 18.4. The van der Waals surface area contributed by atoms with Crippen LogP contribution in [-0.4, -0.2) is 57.2 Å². The molecule has 0 saturated carbocycles. The van der Waals surface area contributed by atoms with Crippen LogP contribution < -0.4 is 20.4 Å². The van der Waals surface area contributed by atoms with Crippen LogP contribution in [0.5, 0.6) is 0 Å². The van der Waals surface area contributed by atoms with E-state index in [2.05, 4.69) is 10.6 Å². The summed E-state index contributed by atoms with van der Waals surface area (Å²) in [4.78, 5) is 49.4. The van der Waals surface area contributed by atoms with Gasteiger partial charge in [-0.25, -0.2) is 8.78 Å². The second kappa shape index (κ2) is 12.3. The highest BCUT2D eigenvalue weighted by atomic mass is 19.1. The predicted molar refractivity (Wildman–Crippen MR) is 120 cm³/mol. The quantitative estimate of drug-likeness (QED) is 0.467. The first-order valence-electron chi connectivity index (χ1n) is 10.2. The van der Waals surface area contributed by atoms with Gasteiger partial charge in [-0.2, -0.15) is 0 Å². The number of benzene rings is 2. The zero-order valence-corrected chi connectivity index (χ0v) is 18.4. The first-order chi connectivity index (χ1) is 15.7. The summed E-state index contributed by atoms with van der Waals surface area (Å²) in [7, 11) is 1.64. The molecule has 2 N–H and O–H groups in total. The third-order valence-electron chi connectivity index (χ3n) is 4.68. The maximum atomic E-state index is 13.4. The number of anilines is 2. The fourth-order valence-corrected chi connectivity index (χ4v) is 3.33. The molecular weight excluding hydrogens is 434 g/mol. The van der Waals surface area contributed by atoms with Gasteiger partial charge in [0.1, 0.15) is 24.5 Å². The van der Waals surface area contributed by atoms with Gasteiger partial charge in [-0.15, -0.1) is 0 Å². The standard InChI is InChI=1S/C23H26F2N4O4/c1-16(9-17-10-18(24)12-19(25)11-17)27-23(33)14-29(15-31)21-6-4-3-5-20(21)28(2)13-22(32)26-7-8-30/h3-6,8,10-12,15-16H,7,9,13-14H2,1-2H3,(H,26,32)(H,27,33). The summed E-state index contributed by atoms with van der Waals surface area (Å²) in [6, 6.07) is 9.47. The van der Waals surface area contributed by atoms with Crippen molar-refractivity contribution in [3.8, 4) is 0 Å². The van der Waals surface area contributed by atoms with Crippen molar-refractivity contribution in [3.05, 3.63) is 59.7 Å². The molecule has 0 radical (unpaired) electrons. The molecule has 2 rings (SSSR count). The minimum absolute atomic E-state index is 0.0645. The molecule has 0 saturated heterocycles. The fraction of sp³-hybridized carbons (Fsp3) is 0.304. The number of nitrogens with zero attached hydrogens (tertiary/aromatic N) is 2. The van der Waals surface area contributed by atoms with Crippen LogP contribution in [0.3, 0.4) is 0 Å². The highest BCUT2D eigenvalue weighted by Crippen LogP contribution is 2.27. The Hall–Kier alpha value is -3.82. The summed E-state index contributed by atoms with van der Waals surface area (Å²) >= 11 is 0. The van der Waals surface area contributed by atoms with Gasteiger partial charge in [-0.1, -0.05) is 12.1 Å². The Bertz CT molecular complexity index is 982. The van der Waals surface area contributed by atoms with Crippen molar-refractivity contribution >= 4 is 35.9 Å². The molecule has 1 atom stereocenters. The van der Waals surface area contributed by atoms with E-state index in [1.165, 1.54) is 17.0 Å². The van der Waals surface area contributed by atoms with Crippen LogP contribution >= 0.6 is 0 Å². The number of hydrogen-bond acceptors (Lipinski definition) is 5. The van der Waals surface area contributed by atoms with Crippen molar-refractivity contribution < 1.29 is 28.0 Å². The molecular formula is C23H26F2N4O4. The average molecular weight is 460 g/mol. The molecule has 10 heteroatoms. The van der Waals surface area contributed by atoms with E-state index >= 15 is 0 Å². The summed E-state index contributed by atoms with van der Waals surface area (Å²) in [5.74, 6) is -2.24. The lowest BCUT2D eigenvalue weighted by Crippen LogP contribution is -2.42. The summed E-state index contributed by atoms with van der Waals surface area (Å²) in [5, 5.41) is 5.14. The Morgan fingerprint density at radius 2 is 1.64 bits per heavy atom. The van der Waals surface area contributed by atoms with Crippen LogP contribution in [0.1, 0.15) is 12.5 Å². The number of halogens is 2. The molecule has 8 nitrogen and oxygen atoms in total. The third kappa shape index (κ3) is 7.99. The summed E-state index contributed by atoms with van der Waals surface area (Å²) < 4.78 is 26.7. The lowest BCUT2D eigenvalue weighted by molar-refractivity contribution is -0.121. The molecule has 0 fully saturated rings. The summed E-state index contributed by atoms with van der Waals surface area (Å²) in [5.41, 5.74) is 1.34. The van der Waals surface area contributed by atoms with Gasteiger partial charge in [0.25, 0.3) is 0 Å². The number of hydrogen-bond donors (Lipinski definition) is 2. The first-order valence-corrected chi connectivity index (χ1v) is 10.2. The van der Waals surface area contributed by atoms with Crippen LogP contribution in [0, 0.1) is 11.6 Å². The van der Waals surface area contributed by atoms with Crippen molar-refractivity contribution in [2.24, 2.45) is 0 Å². The summed E-state index contributed by atoms with van der Waals surface area (Å²) in [6.45, 7) is 1.22. The molecule has 0 heterocycles. The van der Waals surface area contributed by atoms with Crippen LogP contribution in [0.2, 0.25) is 0 Å². The van der Waals surface area contributed by atoms with Crippen LogP contribution in [0.15, 0.2) is 42.5 Å². The van der Waals surface area contributed by atoms with E-state index < -0.39 is 23.6 Å². The Kier molecular flexibility index (Phi) is 9.46. The van der Waals surface area contributed by atoms with Crippen molar-refractivity contribution in [2.45, 2.75) is 19.4 Å². The highest BCUT2D eigenvalue weighted by Gasteiger charge is 2.19. The lowest BCUT2D eigenvalue weighted by atomic mass is 10.1. The average Bonchev–Trinajstić information content (AvgIpc) is 2.75. The van der Waals surface area contributed by atoms with E-state index in [9.17, 15) is 28.0 Å². The number of aldehydes is 1. The second-order valence-corrected chi connectivity index (χ2v) is 7.50. The Labute approximate surface area is 190 Å². The summed E-state index contributed by atoms with van der Waals surface area (Å²) in [6.07, 6.45) is 1.28. The predicted octanol–water partition coefficient (Wildman–Crippen LogP) is 1.43. The fourth-order valence-electron chi connectivity index (χ4n) is 3.33. The van der Waals surface area contributed by atoms with Gasteiger partial charge in [0.15, 0.2) is 0 Å². The van der Waals surface area contributed by atoms with E-state index in [0.29, 0.717) is 29.6 Å². The number of rotatable bonds is 12. The van der Waals surface area contributed by atoms with Crippen LogP contribution in [-0.2, 0) is 25.6 Å². The maximum absolute atomic E-state index is 13.4. The van der Waals surface area contributed by atoms with Gasteiger partial charge >= 0.3 is 0 Å². The Morgan fingerprint density at radius 1 is 1.00 bits per heavy atom. The maximum Gasteiger partial charge on any atom is 0.240 e. The number of amides is 3. The van der Waals surface area contributed by atoms with Gasteiger partial charge in [-0.05, 0) is 43.2 Å². The highest BCUT2D eigenvalue weighted by molar-refractivity contribution is 5.93. The molecule has 0 aliphatic heterocycles. The van der Waals surface area contributed by atoms with E-state index in [0.717, 1.165) is 6.07 Å². The van der Waals surface area contributed by atoms with Crippen molar-refractivity contribution in [2.75, 3.05) is 36.5 Å². The number of carbonyl (C=O) groups excluding carboxylic acids is 4. The molecule has 0 bridgehead atoms. The molecule has 0 aliphatic rings. The molecule has 2 aromatic rings. The van der Waals surface area contributed by atoms with E-state index in [-0.39, 0.29) is 32.0 Å². The van der Waals surface area contributed by atoms with Gasteiger partial charge in [-0.3, -0.25) is 14.4 Å². The molecule has 176 valence electrons. The molecule has 0 aromatic heterocycles. The minimum atomic E-state index is -0.698. The van der Waals surface area contributed by atoms with E-state index in [4.69, 9.17) is 0 Å².